The maximum absolute atomic E-state index is 14.6. The summed E-state index contributed by atoms with van der Waals surface area (Å²) in [6.07, 6.45) is 5.87. The van der Waals surface area contributed by atoms with Crippen LogP contribution in [0.25, 0.3) is 23.0 Å². The van der Waals surface area contributed by atoms with Gasteiger partial charge in [0.15, 0.2) is 4.80 Å². The predicted octanol–water partition coefficient (Wildman–Crippen LogP) is 7.65. The van der Waals surface area contributed by atoms with E-state index in [0.29, 0.717) is 20.6 Å². The molecule has 6 aromatic rings. The zero-order chi connectivity index (χ0) is 36.4. The van der Waals surface area contributed by atoms with E-state index < -0.39 is 12.0 Å². The van der Waals surface area contributed by atoms with Gasteiger partial charge in [-0.15, -0.1) is 11.8 Å². The first-order valence-corrected chi connectivity index (χ1v) is 19.0. The normalized spacial score (nSPS) is 14.3. The molecule has 1 atom stereocenters. The first-order valence-electron chi connectivity index (χ1n) is 17.0. The molecule has 4 aromatic carbocycles. The lowest BCUT2D eigenvalue weighted by Crippen LogP contribution is -2.39. The molecule has 0 N–H and O–H groups in total. The Hall–Kier alpha value is -5.45. The number of ether oxygens (including phenoxy) is 2. The number of carbonyl (C=O) groups is 1. The quantitative estimate of drug-likeness (QED) is 0.107. The molecule has 10 heteroatoms. The number of para-hydroxylation sites is 1. The Balaban J connectivity index is 1.36. The van der Waals surface area contributed by atoms with Gasteiger partial charge in [-0.2, -0.15) is 5.10 Å². The molecule has 3 heterocycles. The van der Waals surface area contributed by atoms with Crippen molar-refractivity contribution in [3.8, 4) is 22.7 Å². The van der Waals surface area contributed by atoms with Crippen molar-refractivity contribution in [3.05, 3.63) is 163 Å². The van der Waals surface area contributed by atoms with Crippen molar-refractivity contribution < 1.29 is 14.3 Å². The first kappa shape index (κ1) is 35.0. The second-order valence-corrected chi connectivity index (χ2v) is 14.7. The minimum absolute atomic E-state index is 0.0469. The van der Waals surface area contributed by atoms with Crippen molar-refractivity contribution in [2.75, 3.05) is 6.26 Å². The number of esters is 1. The summed E-state index contributed by atoms with van der Waals surface area (Å²) < 4.78 is 15.8. The molecule has 1 unspecified atom stereocenters. The summed E-state index contributed by atoms with van der Waals surface area (Å²) in [4.78, 5) is 34.8. The third-order valence-electron chi connectivity index (χ3n) is 8.75. The van der Waals surface area contributed by atoms with Gasteiger partial charge in [0.2, 0.25) is 0 Å². The van der Waals surface area contributed by atoms with Gasteiger partial charge in [0.05, 0.1) is 33.6 Å². The summed E-state index contributed by atoms with van der Waals surface area (Å²) in [6.45, 7) is 7.94. The zero-order valence-corrected chi connectivity index (χ0v) is 31.2. The molecule has 0 aliphatic carbocycles. The van der Waals surface area contributed by atoms with Crippen LogP contribution in [0.4, 0.5) is 0 Å². The van der Waals surface area contributed by atoms with E-state index in [1.165, 1.54) is 11.3 Å². The highest BCUT2D eigenvalue weighted by atomic mass is 32.2. The summed E-state index contributed by atoms with van der Waals surface area (Å²) in [5.41, 5.74) is 6.53. The second kappa shape index (κ2) is 15.0. The number of aryl methyl sites for hydroxylation is 1. The minimum Gasteiger partial charge on any atom is -0.491 e. The number of thiazole rings is 1. The summed E-state index contributed by atoms with van der Waals surface area (Å²) >= 11 is 2.92. The van der Waals surface area contributed by atoms with E-state index in [4.69, 9.17) is 19.6 Å². The molecule has 0 fully saturated rings. The maximum atomic E-state index is 14.6. The molecule has 0 saturated heterocycles. The number of aromatic nitrogens is 3. The lowest BCUT2D eigenvalue weighted by Gasteiger charge is -2.25. The van der Waals surface area contributed by atoms with Gasteiger partial charge in [0.25, 0.3) is 5.56 Å². The van der Waals surface area contributed by atoms with Crippen molar-refractivity contribution in [2.45, 2.75) is 51.3 Å². The average molecular weight is 727 g/mol. The Morgan fingerprint density at radius 3 is 2.35 bits per heavy atom. The van der Waals surface area contributed by atoms with E-state index in [2.05, 4.69) is 6.07 Å². The highest BCUT2D eigenvalue weighted by Crippen LogP contribution is 2.33. The van der Waals surface area contributed by atoms with E-state index in [1.807, 2.05) is 141 Å². The number of rotatable bonds is 10. The number of fused-ring (bicyclic) bond motifs is 1. The molecule has 0 bridgehead atoms. The Morgan fingerprint density at radius 2 is 1.67 bits per heavy atom. The highest BCUT2D eigenvalue weighted by molar-refractivity contribution is 7.98. The standard InChI is InChI=1S/C42H38N4O4S2/c1-26(2)50-35-21-18-31(22-27(35)3)38-32(24-45(44-38)33-14-10-7-11-15-33)23-36-40(47)46-39(30-16-19-34(51-5)20-17-30)37(28(4)43-42(46)52-36)41(48)49-25-29-12-8-6-9-13-29/h6-24,26,39H,25H2,1-5H3. The van der Waals surface area contributed by atoms with Gasteiger partial charge in [0, 0.05) is 22.2 Å². The number of hydrogen-bond donors (Lipinski definition) is 0. The molecule has 1 aliphatic heterocycles. The van der Waals surface area contributed by atoms with E-state index in [9.17, 15) is 9.59 Å². The van der Waals surface area contributed by atoms with Gasteiger partial charge in [0.1, 0.15) is 18.1 Å². The SMILES string of the molecule is CSc1ccc(C2C(C(=O)OCc3ccccc3)=C(C)N=c3sc(=Cc4cn(-c5ccccc5)nc4-c4ccc(OC(C)C)c(C)c4)c(=O)n32)cc1. The van der Waals surface area contributed by atoms with Crippen LogP contribution in [0.5, 0.6) is 5.75 Å². The highest BCUT2D eigenvalue weighted by Gasteiger charge is 2.33. The number of carbonyl (C=O) groups excluding carboxylic acids is 1. The summed E-state index contributed by atoms with van der Waals surface area (Å²) in [6, 6.07) is 32.6. The topological polar surface area (TPSA) is 87.7 Å². The Bertz CT molecular complexity index is 2460. The molecule has 0 amide bonds. The molecule has 0 saturated carbocycles. The summed E-state index contributed by atoms with van der Waals surface area (Å²) in [7, 11) is 0. The molecule has 1 aliphatic rings. The molecule has 0 radical (unpaired) electrons. The van der Waals surface area contributed by atoms with Crippen LogP contribution in [0, 0.1) is 6.92 Å². The Labute approximate surface area is 310 Å². The van der Waals surface area contributed by atoms with Crippen molar-refractivity contribution in [2.24, 2.45) is 4.99 Å². The van der Waals surface area contributed by atoms with Crippen LogP contribution in [0.2, 0.25) is 0 Å². The van der Waals surface area contributed by atoms with Crippen LogP contribution in [0.15, 0.2) is 135 Å². The van der Waals surface area contributed by atoms with Gasteiger partial charge in [-0.3, -0.25) is 9.36 Å². The van der Waals surface area contributed by atoms with Crippen LogP contribution < -0.4 is 19.6 Å². The largest absolute Gasteiger partial charge is 0.491 e. The van der Waals surface area contributed by atoms with E-state index in [-0.39, 0.29) is 18.3 Å². The van der Waals surface area contributed by atoms with Crippen molar-refractivity contribution in [1.82, 2.24) is 14.3 Å². The molecular weight excluding hydrogens is 689 g/mol. The van der Waals surface area contributed by atoms with Gasteiger partial charge in [-0.25, -0.2) is 14.5 Å². The number of allylic oxidation sites excluding steroid dienone is 1. The van der Waals surface area contributed by atoms with Crippen LogP contribution in [0.3, 0.4) is 0 Å². The lowest BCUT2D eigenvalue weighted by atomic mass is 9.96. The van der Waals surface area contributed by atoms with E-state index in [1.54, 1.807) is 23.3 Å². The summed E-state index contributed by atoms with van der Waals surface area (Å²) in [5, 5.41) is 5.01. The number of benzene rings is 4. The maximum Gasteiger partial charge on any atom is 0.338 e. The molecule has 7 rings (SSSR count). The first-order chi connectivity index (χ1) is 25.2. The molecule has 262 valence electrons. The van der Waals surface area contributed by atoms with Crippen LogP contribution in [-0.2, 0) is 16.1 Å². The lowest BCUT2D eigenvalue weighted by molar-refractivity contribution is -0.140. The van der Waals surface area contributed by atoms with Crippen molar-refractivity contribution in [1.29, 1.82) is 0 Å². The van der Waals surface area contributed by atoms with Gasteiger partial charge in [-0.1, -0.05) is 72.0 Å². The predicted molar refractivity (Wildman–Crippen MR) is 208 cm³/mol. The fraction of sp³-hybridized carbons (Fsp3) is 0.190. The number of thioether (sulfide) groups is 1. The minimum atomic E-state index is -0.722. The zero-order valence-electron chi connectivity index (χ0n) is 29.6. The summed E-state index contributed by atoms with van der Waals surface area (Å²) in [5.74, 6) is 0.306. The molecule has 8 nitrogen and oxygen atoms in total. The third-order valence-corrected chi connectivity index (χ3v) is 10.5. The van der Waals surface area contributed by atoms with Crippen LogP contribution >= 0.6 is 23.1 Å². The van der Waals surface area contributed by atoms with Gasteiger partial charge in [-0.05, 0) is 99.2 Å². The van der Waals surface area contributed by atoms with Crippen LogP contribution in [-0.4, -0.2) is 32.7 Å². The third kappa shape index (κ3) is 7.17. The molecule has 2 aromatic heterocycles. The van der Waals surface area contributed by atoms with Gasteiger partial charge < -0.3 is 9.47 Å². The molecule has 52 heavy (non-hydrogen) atoms. The van der Waals surface area contributed by atoms with E-state index >= 15 is 0 Å². The number of nitrogens with zero attached hydrogens (tertiary/aromatic N) is 4. The second-order valence-electron chi connectivity index (χ2n) is 12.8. The fourth-order valence-corrected chi connectivity index (χ4v) is 7.69. The van der Waals surface area contributed by atoms with E-state index in [0.717, 1.165) is 49.8 Å². The fourth-order valence-electron chi connectivity index (χ4n) is 6.24. The van der Waals surface area contributed by atoms with Gasteiger partial charge >= 0.3 is 5.97 Å². The molecular formula is C42H38N4O4S2. The van der Waals surface area contributed by atoms with Crippen molar-refractivity contribution in [3.63, 3.8) is 0 Å². The molecule has 0 spiro atoms. The Kier molecular flexibility index (Phi) is 10.1. The smallest absolute Gasteiger partial charge is 0.338 e. The van der Waals surface area contributed by atoms with Crippen LogP contribution in [0.1, 0.15) is 49.1 Å². The average Bonchev–Trinajstić information content (AvgIpc) is 3.71. The Morgan fingerprint density at radius 1 is 0.962 bits per heavy atom. The monoisotopic (exact) mass is 726 g/mol. The number of hydrogen-bond acceptors (Lipinski definition) is 8. The van der Waals surface area contributed by atoms with Crippen molar-refractivity contribution >= 4 is 35.1 Å².